The Morgan fingerprint density at radius 1 is 1.33 bits per heavy atom. The van der Waals surface area contributed by atoms with Crippen LogP contribution in [-0.4, -0.2) is 6.04 Å². The molecule has 0 aliphatic heterocycles. The maximum atomic E-state index is 5.98. The number of nitrogens with two attached hydrogens (primary N) is 2. The Morgan fingerprint density at radius 3 is 2.25 bits per heavy atom. The Morgan fingerprint density at radius 2 is 1.83 bits per heavy atom. The fraction of sp³-hybridized carbons (Fsp3) is 0.800. The van der Waals surface area contributed by atoms with Crippen molar-refractivity contribution in [1.82, 2.24) is 0 Å². The summed E-state index contributed by atoms with van der Waals surface area (Å²) in [4.78, 5) is 0. The fourth-order valence-electron chi connectivity index (χ4n) is 2.33. The predicted octanol–water partition coefficient (Wildman–Crippen LogP) is 1.61. The van der Waals surface area contributed by atoms with Crippen LogP contribution in [0.25, 0.3) is 0 Å². The summed E-state index contributed by atoms with van der Waals surface area (Å²) in [6.45, 7) is 8.76. The van der Waals surface area contributed by atoms with E-state index in [1.165, 1.54) is 0 Å². The molecule has 0 saturated heterocycles. The molecule has 1 aliphatic rings. The Balaban J connectivity index is 3.00. The van der Waals surface area contributed by atoms with Crippen LogP contribution in [0.1, 0.15) is 34.1 Å². The van der Waals surface area contributed by atoms with Crippen LogP contribution in [0.15, 0.2) is 11.8 Å². The molecule has 0 amide bonds. The van der Waals surface area contributed by atoms with E-state index < -0.39 is 0 Å². The van der Waals surface area contributed by atoms with Gasteiger partial charge >= 0.3 is 0 Å². The highest BCUT2D eigenvalue weighted by Gasteiger charge is 2.38. The van der Waals surface area contributed by atoms with Crippen LogP contribution < -0.4 is 11.5 Å². The van der Waals surface area contributed by atoms with Gasteiger partial charge in [0.2, 0.25) is 0 Å². The quantitative estimate of drug-likeness (QED) is 0.577. The first-order valence-electron chi connectivity index (χ1n) is 4.48. The summed E-state index contributed by atoms with van der Waals surface area (Å²) < 4.78 is 0. The van der Waals surface area contributed by atoms with Crippen LogP contribution >= 0.6 is 0 Å². The van der Waals surface area contributed by atoms with Gasteiger partial charge < -0.3 is 11.5 Å². The van der Waals surface area contributed by atoms with Crippen molar-refractivity contribution in [3.05, 3.63) is 11.8 Å². The zero-order chi connectivity index (χ0) is 9.57. The highest BCUT2D eigenvalue weighted by molar-refractivity contribution is 5.19. The van der Waals surface area contributed by atoms with Crippen LogP contribution in [0.3, 0.4) is 0 Å². The highest BCUT2D eigenvalue weighted by Crippen LogP contribution is 2.42. The van der Waals surface area contributed by atoms with E-state index in [1.807, 2.05) is 0 Å². The summed E-state index contributed by atoms with van der Waals surface area (Å²) in [5, 5.41) is 0. The minimum atomic E-state index is 0.0190. The average Bonchev–Trinajstić information content (AvgIpc) is 1.79. The molecule has 1 aliphatic carbocycles. The van der Waals surface area contributed by atoms with Crippen molar-refractivity contribution in [3.63, 3.8) is 0 Å². The zero-order valence-electron chi connectivity index (χ0n) is 8.52. The van der Waals surface area contributed by atoms with Crippen LogP contribution in [0, 0.1) is 10.8 Å². The molecule has 1 atom stereocenters. The SMILES string of the molecule is CC1(C)C=C(N)C(N)C(C)(C)C1. The minimum Gasteiger partial charge on any atom is -0.401 e. The standard InChI is InChI=1S/C10H20N2/c1-9(2)5-7(11)8(12)10(3,4)6-9/h5,8H,6,11-12H2,1-4H3. The molecule has 0 spiro atoms. The second-order valence-electron chi connectivity index (χ2n) is 5.28. The maximum absolute atomic E-state index is 5.98. The molecule has 0 fully saturated rings. The van der Waals surface area contributed by atoms with Gasteiger partial charge in [0, 0.05) is 11.7 Å². The molecule has 2 heteroatoms. The first kappa shape index (κ1) is 9.59. The topological polar surface area (TPSA) is 52.0 Å². The molecule has 4 N–H and O–H groups in total. The zero-order valence-corrected chi connectivity index (χ0v) is 8.52. The molecular formula is C10H20N2. The molecule has 0 aromatic carbocycles. The van der Waals surface area contributed by atoms with E-state index in [0.29, 0.717) is 0 Å². The molecule has 0 heterocycles. The third kappa shape index (κ3) is 1.63. The van der Waals surface area contributed by atoms with Gasteiger partial charge in [-0.25, -0.2) is 0 Å². The lowest BCUT2D eigenvalue weighted by atomic mass is 9.66. The van der Waals surface area contributed by atoms with Crippen molar-refractivity contribution in [2.24, 2.45) is 22.3 Å². The maximum Gasteiger partial charge on any atom is 0.0491 e. The second-order valence-corrected chi connectivity index (χ2v) is 5.28. The first-order chi connectivity index (χ1) is 5.25. The van der Waals surface area contributed by atoms with Crippen LogP contribution in [0.5, 0.6) is 0 Å². The van der Waals surface area contributed by atoms with Gasteiger partial charge in [-0.15, -0.1) is 0 Å². The molecule has 1 rings (SSSR count). The van der Waals surface area contributed by atoms with Crippen LogP contribution in [0.2, 0.25) is 0 Å². The lowest BCUT2D eigenvalue weighted by Gasteiger charge is -2.42. The van der Waals surface area contributed by atoms with Crippen molar-refractivity contribution in [2.75, 3.05) is 0 Å². The summed E-state index contributed by atoms with van der Waals surface area (Å²) in [7, 11) is 0. The van der Waals surface area contributed by atoms with Gasteiger partial charge in [-0.2, -0.15) is 0 Å². The number of hydrogen-bond acceptors (Lipinski definition) is 2. The van der Waals surface area contributed by atoms with Gasteiger partial charge in [0.1, 0.15) is 0 Å². The Labute approximate surface area is 75.0 Å². The molecule has 0 aromatic heterocycles. The van der Waals surface area contributed by atoms with Crippen molar-refractivity contribution in [3.8, 4) is 0 Å². The lowest BCUT2D eigenvalue weighted by Crippen LogP contribution is -2.47. The third-order valence-corrected chi connectivity index (χ3v) is 2.67. The molecule has 1 unspecified atom stereocenters. The Hall–Kier alpha value is -0.500. The van der Waals surface area contributed by atoms with Crippen LogP contribution in [0.4, 0.5) is 0 Å². The fourth-order valence-corrected chi connectivity index (χ4v) is 2.33. The van der Waals surface area contributed by atoms with E-state index in [1.54, 1.807) is 0 Å². The van der Waals surface area contributed by atoms with Gasteiger partial charge in [-0.1, -0.05) is 33.8 Å². The van der Waals surface area contributed by atoms with Crippen molar-refractivity contribution in [2.45, 2.75) is 40.2 Å². The van der Waals surface area contributed by atoms with Crippen LogP contribution in [-0.2, 0) is 0 Å². The van der Waals surface area contributed by atoms with Gasteiger partial charge in [0.05, 0.1) is 0 Å². The molecule has 0 bridgehead atoms. The van der Waals surface area contributed by atoms with E-state index in [9.17, 15) is 0 Å². The van der Waals surface area contributed by atoms with E-state index in [0.717, 1.165) is 12.1 Å². The van der Waals surface area contributed by atoms with E-state index in [4.69, 9.17) is 11.5 Å². The molecule has 2 nitrogen and oxygen atoms in total. The normalized spacial score (nSPS) is 32.8. The number of allylic oxidation sites excluding steroid dienone is 1. The lowest BCUT2D eigenvalue weighted by molar-refractivity contribution is 0.187. The van der Waals surface area contributed by atoms with E-state index in [-0.39, 0.29) is 16.9 Å². The summed E-state index contributed by atoms with van der Waals surface area (Å²) in [6.07, 6.45) is 3.20. The van der Waals surface area contributed by atoms with Gasteiger partial charge in [-0.05, 0) is 17.3 Å². The molecule has 12 heavy (non-hydrogen) atoms. The summed E-state index contributed by atoms with van der Waals surface area (Å²) in [5.41, 5.74) is 13.0. The average molecular weight is 168 g/mol. The van der Waals surface area contributed by atoms with Crippen molar-refractivity contribution >= 4 is 0 Å². The largest absolute Gasteiger partial charge is 0.401 e. The minimum absolute atomic E-state index is 0.0190. The van der Waals surface area contributed by atoms with Gasteiger partial charge in [0.15, 0.2) is 0 Å². The van der Waals surface area contributed by atoms with Crippen molar-refractivity contribution < 1.29 is 0 Å². The number of rotatable bonds is 0. The van der Waals surface area contributed by atoms with Gasteiger partial charge in [0.25, 0.3) is 0 Å². The third-order valence-electron chi connectivity index (χ3n) is 2.67. The smallest absolute Gasteiger partial charge is 0.0491 e. The van der Waals surface area contributed by atoms with Crippen molar-refractivity contribution in [1.29, 1.82) is 0 Å². The van der Waals surface area contributed by atoms with Gasteiger partial charge in [-0.3, -0.25) is 0 Å². The monoisotopic (exact) mass is 168 g/mol. The second kappa shape index (κ2) is 2.49. The van der Waals surface area contributed by atoms with E-state index >= 15 is 0 Å². The molecule has 0 radical (unpaired) electrons. The molecule has 70 valence electrons. The molecule has 0 aromatic rings. The summed E-state index contributed by atoms with van der Waals surface area (Å²) >= 11 is 0. The summed E-state index contributed by atoms with van der Waals surface area (Å²) in [6, 6.07) is 0.0190. The highest BCUT2D eigenvalue weighted by atomic mass is 14.8. The van der Waals surface area contributed by atoms with E-state index in [2.05, 4.69) is 33.8 Å². The molecular weight excluding hydrogens is 148 g/mol. The summed E-state index contributed by atoms with van der Waals surface area (Å²) in [5.74, 6) is 0. The predicted molar refractivity (Wildman–Crippen MR) is 52.4 cm³/mol. The number of hydrogen-bond donors (Lipinski definition) is 2. The first-order valence-corrected chi connectivity index (χ1v) is 4.48. The Bertz CT molecular complexity index is 214. The Kier molecular flexibility index (Phi) is 1.99. The molecule has 0 saturated carbocycles.